The maximum atomic E-state index is 12.3. The lowest BCUT2D eigenvalue weighted by atomic mass is 10.1. The highest BCUT2D eigenvalue weighted by Crippen LogP contribution is 2.35. The summed E-state index contributed by atoms with van der Waals surface area (Å²) in [6, 6.07) is 14.2. The summed E-state index contributed by atoms with van der Waals surface area (Å²) in [5.74, 6) is -0.836. The lowest BCUT2D eigenvalue weighted by molar-refractivity contribution is -0.117. The van der Waals surface area contributed by atoms with Gasteiger partial charge in [-0.25, -0.2) is 4.79 Å². The van der Waals surface area contributed by atoms with Gasteiger partial charge in [-0.1, -0.05) is 29.8 Å². The molecule has 142 valence electrons. The number of ether oxygens (including phenoxy) is 1. The van der Waals surface area contributed by atoms with E-state index < -0.39 is 5.97 Å². The minimum atomic E-state index is -0.612. The fourth-order valence-corrected chi connectivity index (χ4v) is 4.58. The Hall–Kier alpha value is -2.70. The maximum absolute atomic E-state index is 12.3. The molecule has 0 unspecified atom stereocenters. The normalized spacial score (nSPS) is 13.9. The first-order valence-electron chi connectivity index (χ1n) is 8.82. The Morgan fingerprint density at radius 3 is 2.54 bits per heavy atom. The summed E-state index contributed by atoms with van der Waals surface area (Å²) < 4.78 is 6.06. The quantitative estimate of drug-likeness (QED) is 0.448. The molecular weight excluding hydrogens is 398 g/mol. The van der Waals surface area contributed by atoms with E-state index in [1.807, 2.05) is 24.3 Å². The number of fused-ring (bicyclic) bond motifs is 1. The van der Waals surface area contributed by atoms with Crippen LogP contribution in [0.15, 0.2) is 48.5 Å². The number of ketones is 1. The number of carbonyl (C=O) groups is 3. The number of rotatable bonds is 5. The molecule has 0 saturated carbocycles. The number of hydrogen-bond donors (Lipinski definition) is 0. The van der Waals surface area contributed by atoms with Crippen molar-refractivity contribution < 1.29 is 19.1 Å². The van der Waals surface area contributed by atoms with E-state index in [-0.39, 0.29) is 18.3 Å². The van der Waals surface area contributed by atoms with E-state index in [0.29, 0.717) is 28.4 Å². The summed E-state index contributed by atoms with van der Waals surface area (Å²) in [5, 5.41) is 1.14. The molecule has 1 aliphatic rings. The fraction of sp³-hybridized carbons (Fsp3) is 0.190. The van der Waals surface area contributed by atoms with Gasteiger partial charge in [-0.15, -0.1) is 11.3 Å². The van der Waals surface area contributed by atoms with Gasteiger partial charge in [-0.05, 0) is 36.8 Å². The number of amides is 1. The molecule has 0 bridgehead atoms. The van der Waals surface area contributed by atoms with Gasteiger partial charge in [0.15, 0.2) is 12.4 Å². The highest BCUT2D eigenvalue weighted by atomic mass is 35.5. The summed E-state index contributed by atoms with van der Waals surface area (Å²) >= 11 is 7.51. The van der Waals surface area contributed by atoms with Crippen LogP contribution in [0.2, 0.25) is 5.02 Å². The Bertz CT molecular complexity index is 1070. The van der Waals surface area contributed by atoms with Gasteiger partial charge in [-0.2, -0.15) is 0 Å². The van der Waals surface area contributed by atoms with Crippen LogP contribution in [0.25, 0.3) is 10.1 Å². The first-order chi connectivity index (χ1) is 13.5. The second-order valence-corrected chi connectivity index (χ2v) is 7.87. The van der Waals surface area contributed by atoms with Crippen LogP contribution in [-0.4, -0.2) is 30.8 Å². The number of benzene rings is 2. The summed E-state index contributed by atoms with van der Waals surface area (Å²) in [4.78, 5) is 38.5. The van der Waals surface area contributed by atoms with Gasteiger partial charge in [0.2, 0.25) is 5.91 Å². The highest BCUT2D eigenvalue weighted by molar-refractivity contribution is 7.21. The lowest BCUT2D eigenvalue weighted by Crippen LogP contribution is -2.23. The molecule has 7 heteroatoms. The third-order valence-corrected chi connectivity index (χ3v) is 6.28. The number of carbonyl (C=O) groups excluding carboxylic acids is 3. The summed E-state index contributed by atoms with van der Waals surface area (Å²) in [6.07, 6.45) is 1.40. The van der Waals surface area contributed by atoms with Crippen molar-refractivity contribution >= 4 is 56.4 Å². The molecule has 2 aromatic carbocycles. The van der Waals surface area contributed by atoms with Crippen molar-refractivity contribution in [1.82, 2.24) is 0 Å². The third-order valence-electron chi connectivity index (χ3n) is 4.63. The van der Waals surface area contributed by atoms with E-state index in [1.165, 1.54) is 11.3 Å². The number of thiophene rings is 1. The SMILES string of the molecule is O=C(COC(=O)c1sc2ccccc2c1Cl)c1ccc(N2CCCC2=O)cc1. The second-order valence-electron chi connectivity index (χ2n) is 6.44. The van der Waals surface area contributed by atoms with Gasteiger partial charge < -0.3 is 9.64 Å². The number of halogens is 1. The van der Waals surface area contributed by atoms with Crippen molar-refractivity contribution in [1.29, 1.82) is 0 Å². The number of nitrogens with zero attached hydrogens (tertiary/aromatic N) is 1. The highest BCUT2D eigenvalue weighted by Gasteiger charge is 2.22. The van der Waals surface area contributed by atoms with Crippen LogP contribution in [0.5, 0.6) is 0 Å². The molecule has 0 radical (unpaired) electrons. The lowest BCUT2D eigenvalue weighted by Gasteiger charge is -2.15. The van der Waals surface area contributed by atoms with Crippen LogP contribution in [0.4, 0.5) is 5.69 Å². The van der Waals surface area contributed by atoms with Crippen LogP contribution in [-0.2, 0) is 9.53 Å². The minimum absolute atomic E-state index is 0.0909. The van der Waals surface area contributed by atoms with E-state index >= 15 is 0 Å². The Balaban J connectivity index is 1.41. The van der Waals surface area contributed by atoms with Gasteiger partial charge >= 0.3 is 5.97 Å². The van der Waals surface area contributed by atoms with Crippen molar-refractivity contribution in [2.45, 2.75) is 12.8 Å². The van der Waals surface area contributed by atoms with Crippen LogP contribution < -0.4 is 4.90 Å². The largest absolute Gasteiger partial charge is 0.453 e. The van der Waals surface area contributed by atoms with E-state index in [4.69, 9.17) is 16.3 Å². The molecule has 2 heterocycles. The molecule has 1 aliphatic heterocycles. The van der Waals surface area contributed by atoms with Gasteiger partial charge in [0.05, 0.1) is 5.02 Å². The Kier molecular flexibility index (Phi) is 5.15. The van der Waals surface area contributed by atoms with Gasteiger partial charge in [0, 0.05) is 34.3 Å². The van der Waals surface area contributed by atoms with E-state index in [1.54, 1.807) is 29.2 Å². The van der Waals surface area contributed by atoms with Gasteiger partial charge in [0.25, 0.3) is 0 Å². The van der Waals surface area contributed by atoms with E-state index in [2.05, 4.69) is 0 Å². The molecule has 1 aromatic heterocycles. The average Bonchev–Trinajstić information content (AvgIpc) is 3.29. The molecule has 4 rings (SSSR count). The Morgan fingerprint density at radius 2 is 1.86 bits per heavy atom. The first-order valence-corrected chi connectivity index (χ1v) is 10.0. The van der Waals surface area contributed by atoms with Crippen molar-refractivity contribution in [2.75, 3.05) is 18.1 Å². The molecule has 0 spiro atoms. The van der Waals surface area contributed by atoms with Gasteiger partial charge in [0.1, 0.15) is 4.88 Å². The zero-order valence-electron chi connectivity index (χ0n) is 14.8. The predicted octanol–water partition coefficient (Wildman–Crippen LogP) is 4.72. The zero-order valence-corrected chi connectivity index (χ0v) is 16.4. The van der Waals surface area contributed by atoms with Crippen LogP contribution >= 0.6 is 22.9 Å². The van der Waals surface area contributed by atoms with Crippen LogP contribution in [0, 0.1) is 0 Å². The van der Waals surface area contributed by atoms with Crippen molar-refractivity contribution in [3.63, 3.8) is 0 Å². The van der Waals surface area contributed by atoms with Crippen LogP contribution in [0.1, 0.15) is 32.9 Å². The molecule has 3 aromatic rings. The number of esters is 1. The predicted molar refractivity (Wildman–Crippen MR) is 109 cm³/mol. The number of hydrogen-bond acceptors (Lipinski definition) is 5. The fourth-order valence-electron chi connectivity index (χ4n) is 3.17. The number of anilines is 1. The number of Topliss-reactive ketones (excluding diaryl/α,β-unsaturated/α-hetero) is 1. The smallest absolute Gasteiger partial charge is 0.350 e. The molecule has 0 atom stereocenters. The molecule has 0 aliphatic carbocycles. The van der Waals surface area contributed by atoms with Gasteiger partial charge in [-0.3, -0.25) is 9.59 Å². The molecule has 1 amide bonds. The van der Waals surface area contributed by atoms with Crippen molar-refractivity contribution in [3.8, 4) is 0 Å². The monoisotopic (exact) mass is 413 g/mol. The molecule has 1 fully saturated rings. The van der Waals surface area contributed by atoms with Crippen molar-refractivity contribution in [2.24, 2.45) is 0 Å². The third kappa shape index (κ3) is 3.53. The summed E-state index contributed by atoms with van der Waals surface area (Å²) in [6.45, 7) is 0.324. The molecule has 1 saturated heterocycles. The topological polar surface area (TPSA) is 63.7 Å². The van der Waals surface area contributed by atoms with Crippen LogP contribution in [0.3, 0.4) is 0 Å². The van der Waals surface area contributed by atoms with E-state index in [9.17, 15) is 14.4 Å². The maximum Gasteiger partial charge on any atom is 0.350 e. The van der Waals surface area contributed by atoms with E-state index in [0.717, 1.165) is 22.2 Å². The Labute approximate surface area is 170 Å². The molecule has 0 N–H and O–H groups in total. The summed E-state index contributed by atoms with van der Waals surface area (Å²) in [7, 11) is 0. The molecule has 28 heavy (non-hydrogen) atoms. The van der Waals surface area contributed by atoms with Crippen molar-refractivity contribution in [3.05, 3.63) is 64.0 Å². The molecular formula is C21H16ClNO4S. The Morgan fingerprint density at radius 1 is 1.11 bits per heavy atom. The standard InChI is InChI=1S/C21H16ClNO4S/c22-19-15-4-1-2-5-17(15)28-20(19)21(26)27-12-16(24)13-7-9-14(10-8-13)23-11-3-6-18(23)25/h1-2,4-5,7-10H,3,6,11-12H2. The summed E-state index contributed by atoms with van der Waals surface area (Å²) in [5.41, 5.74) is 1.19. The molecule has 5 nitrogen and oxygen atoms in total. The zero-order chi connectivity index (χ0) is 19.7. The first kappa shape index (κ1) is 18.7. The minimum Gasteiger partial charge on any atom is -0.453 e. The average molecular weight is 414 g/mol. The second kappa shape index (κ2) is 7.73.